The highest BCUT2D eigenvalue weighted by Gasteiger charge is 2.39. The van der Waals surface area contributed by atoms with E-state index in [1.807, 2.05) is 32.2 Å². The normalized spacial score (nSPS) is 16.6. The van der Waals surface area contributed by atoms with E-state index >= 15 is 0 Å². The first-order chi connectivity index (χ1) is 22.3. The first-order valence-electron chi connectivity index (χ1n) is 15.7. The molecule has 2 aliphatic rings. The maximum atomic E-state index is 14.2. The van der Waals surface area contributed by atoms with Crippen LogP contribution in [0.25, 0.3) is 38.9 Å². The second-order valence-electron chi connectivity index (χ2n) is 12.1. The maximum absolute atomic E-state index is 14.2. The molecular weight excluding hydrogens is 594 g/mol. The number of pyridine rings is 1. The number of fused-ring (bicyclic) bond motifs is 2. The summed E-state index contributed by atoms with van der Waals surface area (Å²) < 4.78 is 44.7. The summed E-state index contributed by atoms with van der Waals surface area (Å²) in [6.45, 7) is 4.14. The molecule has 5 heterocycles. The Morgan fingerprint density at radius 1 is 1.04 bits per heavy atom. The quantitative estimate of drug-likeness (QED) is 0.214. The highest BCUT2D eigenvalue weighted by atomic mass is 19.3. The Morgan fingerprint density at radius 2 is 1.85 bits per heavy atom. The van der Waals surface area contributed by atoms with Gasteiger partial charge in [0, 0.05) is 56.9 Å². The molecule has 0 amide bonds. The van der Waals surface area contributed by atoms with Crippen molar-refractivity contribution in [1.29, 1.82) is 0 Å². The Labute approximate surface area is 264 Å². The first-order valence-corrected chi connectivity index (χ1v) is 15.7. The Balaban J connectivity index is 1.22. The molecule has 0 saturated carbocycles. The van der Waals surface area contributed by atoms with Gasteiger partial charge in [-0.2, -0.15) is 13.8 Å². The van der Waals surface area contributed by atoms with Crippen LogP contribution < -0.4 is 15.0 Å². The summed E-state index contributed by atoms with van der Waals surface area (Å²) >= 11 is 0. The molecule has 0 bridgehead atoms. The molecular formula is C34H36F2N6O4. The van der Waals surface area contributed by atoms with Crippen molar-refractivity contribution in [3.63, 3.8) is 0 Å². The van der Waals surface area contributed by atoms with Gasteiger partial charge in [-0.3, -0.25) is 9.36 Å². The van der Waals surface area contributed by atoms with Crippen molar-refractivity contribution in [1.82, 2.24) is 29.0 Å². The molecule has 12 heteroatoms. The number of alkyl halides is 2. The lowest BCUT2D eigenvalue weighted by Gasteiger charge is -2.33. The monoisotopic (exact) mass is 630 g/mol. The minimum Gasteiger partial charge on any atom is -0.464 e. The fourth-order valence-corrected chi connectivity index (χ4v) is 6.82. The zero-order chi connectivity index (χ0) is 31.8. The lowest BCUT2D eigenvalue weighted by atomic mass is 9.80. The van der Waals surface area contributed by atoms with Crippen LogP contribution in [0.5, 0.6) is 11.8 Å². The molecule has 0 atom stereocenters. The van der Waals surface area contributed by atoms with Crippen LogP contribution >= 0.6 is 0 Å². The zero-order valence-electron chi connectivity index (χ0n) is 25.9. The molecule has 5 aromatic rings. The summed E-state index contributed by atoms with van der Waals surface area (Å²) in [5, 5.41) is 0.615. The third-order valence-corrected chi connectivity index (χ3v) is 9.32. The molecule has 2 aliphatic heterocycles. The number of aryl methyl sites for hydroxylation is 1. The van der Waals surface area contributed by atoms with Crippen LogP contribution in [0.3, 0.4) is 0 Å². The van der Waals surface area contributed by atoms with Crippen LogP contribution in [0.15, 0.2) is 59.5 Å². The Morgan fingerprint density at radius 3 is 2.61 bits per heavy atom. The largest absolute Gasteiger partial charge is 0.464 e. The van der Waals surface area contributed by atoms with E-state index in [1.54, 1.807) is 24.4 Å². The molecule has 0 aliphatic carbocycles. The number of hydrogen-bond acceptors (Lipinski definition) is 8. The number of hydrogen-bond donors (Lipinski definition) is 0. The van der Waals surface area contributed by atoms with Crippen molar-refractivity contribution < 1.29 is 23.0 Å². The van der Waals surface area contributed by atoms with E-state index in [4.69, 9.17) is 14.5 Å². The van der Waals surface area contributed by atoms with Crippen LogP contribution in [0.1, 0.15) is 32.0 Å². The summed E-state index contributed by atoms with van der Waals surface area (Å²) in [6.07, 6.45) is 5.98. The lowest BCUT2D eigenvalue weighted by Crippen LogP contribution is -2.33. The Hall–Kier alpha value is -4.42. The van der Waals surface area contributed by atoms with Gasteiger partial charge < -0.3 is 23.7 Å². The van der Waals surface area contributed by atoms with Crippen molar-refractivity contribution in [3.8, 4) is 28.6 Å². The minimum absolute atomic E-state index is 0.0119. The van der Waals surface area contributed by atoms with Crippen molar-refractivity contribution >= 4 is 22.1 Å². The number of benzene rings is 2. The molecule has 2 saturated heterocycles. The number of nitrogens with zero attached hydrogens (tertiary/aromatic N) is 6. The second-order valence-corrected chi connectivity index (χ2v) is 12.1. The molecule has 240 valence electrons. The second kappa shape index (κ2) is 12.4. The predicted octanol–water partition coefficient (Wildman–Crippen LogP) is 5.38. The Bertz CT molecular complexity index is 1930. The number of halogens is 2. The molecule has 46 heavy (non-hydrogen) atoms. The zero-order valence-corrected chi connectivity index (χ0v) is 25.9. The average Bonchev–Trinajstić information content (AvgIpc) is 3.59. The van der Waals surface area contributed by atoms with E-state index in [-0.39, 0.29) is 17.3 Å². The van der Waals surface area contributed by atoms with Crippen molar-refractivity contribution in [2.45, 2.75) is 39.2 Å². The minimum atomic E-state index is -2.95. The van der Waals surface area contributed by atoms with Gasteiger partial charge in [-0.1, -0.05) is 6.07 Å². The third kappa shape index (κ3) is 5.82. The van der Waals surface area contributed by atoms with Crippen LogP contribution in [-0.4, -0.2) is 75.1 Å². The van der Waals surface area contributed by atoms with Crippen molar-refractivity contribution in [3.05, 3.63) is 70.9 Å². The van der Waals surface area contributed by atoms with Crippen LogP contribution in [-0.2, 0) is 18.2 Å². The predicted molar refractivity (Wildman–Crippen MR) is 170 cm³/mol. The van der Waals surface area contributed by atoms with Crippen molar-refractivity contribution in [2.24, 2.45) is 12.5 Å². The number of rotatable bonds is 9. The topological polar surface area (TPSA) is 96.5 Å². The SMILES string of the molecule is CCOc1ncc2cc(-c3ccc4nc(CCN5CCC6(CCOCC6)C5)n(C)c4c3)c(=O)n(-c3ccc(OC(F)F)cc3)c2n1. The van der Waals surface area contributed by atoms with Crippen LogP contribution in [0, 0.1) is 5.41 Å². The number of likely N-dealkylation sites (tertiary alicyclic amines) is 1. The Kier molecular flexibility index (Phi) is 8.16. The number of aromatic nitrogens is 5. The van der Waals surface area contributed by atoms with E-state index in [1.165, 1.54) is 23.1 Å². The summed E-state index contributed by atoms with van der Waals surface area (Å²) in [4.78, 5) is 30.5. The van der Waals surface area contributed by atoms with Gasteiger partial charge >= 0.3 is 12.6 Å². The number of imidazole rings is 1. The average molecular weight is 631 g/mol. The molecule has 2 aromatic carbocycles. The smallest absolute Gasteiger partial charge is 0.387 e. The van der Waals surface area contributed by atoms with Gasteiger partial charge in [0.1, 0.15) is 11.6 Å². The highest BCUT2D eigenvalue weighted by molar-refractivity contribution is 5.87. The van der Waals surface area contributed by atoms with Gasteiger partial charge in [-0.15, -0.1) is 0 Å². The molecule has 0 unspecified atom stereocenters. The fraction of sp³-hybridized carbons (Fsp3) is 0.412. The number of ether oxygens (including phenoxy) is 3. The fourth-order valence-electron chi connectivity index (χ4n) is 6.82. The molecule has 1 spiro atoms. The van der Waals surface area contributed by atoms with Gasteiger partial charge in [-0.25, -0.2) is 9.97 Å². The highest BCUT2D eigenvalue weighted by Crippen LogP contribution is 2.39. The van der Waals surface area contributed by atoms with Gasteiger partial charge in [-0.05, 0) is 86.2 Å². The van der Waals surface area contributed by atoms with Crippen LogP contribution in [0.4, 0.5) is 8.78 Å². The third-order valence-electron chi connectivity index (χ3n) is 9.32. The van der Waals surface area contributed by atoms with Gasteiger partial charge in [0.15, 0.2) is 5.65 Å². The summed E-state index contributed by atoms with van der Waals surface area (Å²) in [5.41, 5.74) is 3.81. The molecule has 3 aromatic heterocycles. The summed E-state index contributed by atoms with van der Waals surface area (Å²) in [5.74, 6) is 0.987. The van der Waals surface area contributed by atoms with Gasteiger partial charge in [0.05, 0.1) is 23.3 Å². The summed E-state index contributed by atoms with van der Waals surface area (Å²) in [6, 6.07) is 13.6. The van der Waals surface area contributed by atoms with E-state index in [9.17, 15) is 13.6 Å². The van der Waals surface area contributed by atoms with Crippen molar-refractivity contribution in [2.75, 3.05) is 39.5 Å². The van der Waals surface area contributed by atoms with E-state index in [0.29, 0.717) is 34.3 Å². The summed E-state index contributed by atoms with van der Waals surface area (Å²) in [7, 11) is 2.02. The van der Waals surface area contributed by atoms with E-state index in [2.05, 4.69) is 24.2 Å². The van der Waals surface area contributed by atoms with E-state index in [0.717, 1.165) is 74.5 Å². The molecule has 10 nitrogen and oxygen atoms in total. The van der Waals surface area contributed by atoms with E-state index < -0.39 is 6.61 Å². The van der Waals surface area contributed by atoms with Gasteiger partial charge in [0.25, 0.3) is 5.56 Å². The molecule has 0 N–H and O–H groups in total. The standard InChI is InChI=1S/C34H36F2N6O4/c1-3-45-33-37-20-23-18-26(31(43)42(30(23)39-33)24-5-7-25(8-6-24)46-32(35)36)22-4-9-27-28(19-22)40(2)29(38-27)10-14-41-15-11-34(21-41)12-16-44-17-13-34/h4-9,18-20,32H,3,10-17,21H2,1-2H3. The molecule has 2 fully saturated rings. The first kappa shape index (κ1) is 30.2. The molecule has 0 radical (unpaired) electrons. The maximum Gasteiger partial charge on any atom is 0.387 e. The lowest BCUT2D eigenvalue weighted by molar-refractivity contribution is -0.0498. The van der Waals surface area contributed by atoms with Gasteiger partial charge in [0.2, 0.25) is 0 Å². The van der Waals surface area contributed by atoms with Crippen LogP contribution in [0.2, 0.25) is 0 Å². The molecule has 7 rings (SSSR count).